The molecule has 2 rings (SSSR count). The number of para-hydroxylation sites is 1. The zero-order chi connectivity index (χ0) is 13.0. The molecule has 0 saturated heterocycles. The van der Waals surface area contributed by atoms with Crippen LogP contribution in [0.4, 0.5) is 0 Å². The van der Waals surface area contributed by atoms with E-state index < -0.39 is 0 Å². The smallest absolute Gasteiger partial charge is 0.149 e. The minimum atomic E-state index is -0.0678. The molecule has 2 aromatic rings. The molecule has 0 bridgehead atoms. The van der Waals surface area contributed by atoms with Gasteiger partial charge >= 0.3 is 0 Å². The Morgan fingerprint density at radius 3 is 2.44 bits per heavy atom. The lowest BCUT2D eigenvalue weighted by Crippen LogP contribution is -2.20. The van der Waals surface area contributed by atoms with Crippen molar-refractivity contribution in [3.8, 4) is 5.75 Å². The minimum Gasteiger partial charge on any atom is -0.496 e. The van der Waals surface area contributed by atoms with Crippen LogP contribution in [0.25, 0.3) is 0 Å². The van der Waals surface area contributed by atoms with Crippen molar-refractivity contribution >= 4 is 0 Å². The summed E-state index contributed by atoms with van der Waals surface area (Å²) in [5, 5.41) is 3.22. The number of methoxy groups -OCH3 is 1. The summed E-state index contributed by atoms with van der Waals surface area (Å²) >= 11 is 0. The lowest BCUT2D eigenvalue weighted by atomic mass is 10.1. The maximum absolute atomic E-state index is 5.38. The summed E-state index contributed by atoms with van der Waals surface area (Å²) in [6.45, 7) is 1.97. The van der Waals surface area contributed by atoms with E-state index in [2.05, 4.69) is 15.3 Å². The molecule has 0 spiro atoms. The number of ether oxygens (including phenoxy) is 1. The summed E-state index contributed by atoms with van der Waals surface area (Å²) in [6.07, 6.45) is 3.64. The maximum Gasteiger partial charge on any atom is 0.149 e. The highest BCUT2D eigenvalue weighted by Crippen LogP contribution is 2.27. The Morgan fingerprint density at radius 2 is 1.83 bits per heavy atom. The Kier molecular flexibility index (Phi) is 3.89. The largest absolute Gasteiger partial charge is 0.496 e. The van der Waals surface area contributed by atoms with Gasteiger partial charge in [0.25, 0.3) is 0 Å². The van der Waals surface area contributed by atoms with Crippen LogP contribution < -0.4 is 10.1 Å². The van der Waals surface area contributed by atoms with E-state index in [9.17, 15) is 0 Å². The van der Waals surface area contributed by atoms with Crippen LogP contribution in [0.5, 0.6) is 5.75 Å². The van der Waals surface area contributed by atoms with Gasteiger partial charge in [-0.1, -0.05) is 18.2 Å². The summed E-state index contributed by atoms with van der Waals surface area (Å²) in [5.41, 5.74) is 2.08. The third-order valence-electron chi connectivity index (χ3n) is 2.80. The Bertz CT molecular complexity index is 511. The number of aryl methyl sites for hydroxylation is 1. The first kappa shape index (κ1) is 12.5. The fourth-order valence-corrected chi connectivity index (χ4v) is 1.88. The van der Waals surface area contributed by atoms with Gasteiger partial charge in [-0.05, 0) is 25.6 Å². The zero-order valence-electron chi connectivity index (χ0n) is 10.8. The maximum atomic E-state index is 5.38. The molecule has 1 aromatic carbocycles. The minimum absolute atomic E-state index is 0.0678. The Labute approximate surface area is 107 Å². The predicted molar refractivity (Wildman–Crippen MR) is 70.7 cm³/mol. The molecule has 0 radical (unpaired) electrons. The number of nitrogens with one attached hydrogen (secondary N) is 1. The highest BCUT2D eigenvalue weighted by Gasteiger charge is 2.18. The number of benzene rings is 1. The van der Waals surface area contributed by atoms with Crippen LogP contribution in [0.2, 0.25) is 0 Å². The van der Waals surface area contributed by atoms with Gasteiger partial charge in [-0.3, -0.25) is 0 Å². The van der Waals surface area contributed by atoms with Crippen LogP contribution in [0, 0.1) is 6.92 Å². The summed E-state index contributed by atoms with van der Waals surface area (Å²) in [6, 6.07) is 7.82. The van der Waals surface area contributed by atoms with E-state index in [1.165, 1.54) is 0 Å². The number of nitrogens with zero attached hydrogens (tertiary/aromatic N) is 2. The van der Waals surface area contributed by atoms with Crippen molar-refractivity contribution in [1.29, 1.82) is 0 Å². The molecule has 0 fully saturated rings. The number of rotatable bonds is 4. The molecule has 18 heavy (non-hydrogen) atoms. The van der Waals surface area contributed by atoms with Gasteiger partial charge in [-0.25, -0.2) is 9.97 Å². The van der Waals surface area contributed by atoms with Crippen LogP contribution in [-0.4, -0.2) is 24.1 Å². The lowest BCUT2D eigenvalue weighted by Gasteiger charge is -2.17. The first-order valence-electron chi connectivity index (χ1n) is 5.85. The van der Waals surface area contributed by atoms with Crippen molar-refractivity contribution < 1.29 is 4.74 Å². The van der Waals surface area contributed by atoms with Crippen LogP contribution in [0.1, 0.15) is 23.0 Å². The molecule has 1 aromatic heterocycles. The van der Waals surface area contributed by atoms with Gasteiger partial charge in [-0.2, -0.15) is 0 Å². The SMILES string of the molecule is CNC(c1ncc(C)cn1)c1ccccc1OC. The van der Waals surface area contributed by atoms with Crippen LogP contribution >= 0.6 is 0 Å². The van der Waals surface area contributed by atoms with E-state index >= 15 is 0 Å². The van der Waals surface area contributed by atoms with Gasteiger partial charge in [0.15, 0.2) is 0 Å². The molecule has 94 valence electrons. The molecule has 0 amide bonds. The third kappa shape index (κ3) is 2.49. The predicted octanol–water partition coefficient (Wildman–Crippen LogP) is 2.10. The molecule has 1 unspecified atom stereocenters. The van der Waals surface area contributed by atoms with Gasteiger partial charge in [0.05, 0.1) is 13.2 Å². The zero-order valence-corrected chi connectivity index (χ0v) is 10.8. The second kappa shape index (κ2) is 5.60. The molecule has 1 N–H and O–H groups in total. The van der Waals surface area contributed by atoms with Crippen molar-refractivity contribution in [2.75, 3.05) is 14.2 Å². The first-order chi connectivity index (χ1) is 8.76. The normalized spacial score (nSPS) is 12.2. The molecular formula is C14H17N3O. The van der Waals surface area contributed by atoms with E-state index in [1.54, 1.807) is 7.11 Å². The van der Waals surface area contributed by atoms with Crippen molar-refractivity contribution in [3.05, 3.63) is 53.6 Å². The molecule has 0 aliphatic rings. The number of aromatic nitrogens is 2. The van der Waals surface area contributed by atoms with Crippen molar-refractivity contribution in [3.63, 3.8) is 0 Å². The van der Waals surface area contributed by atoms with E-state index in [1.807, 2.05) is 50.6 Å². The molecule has 4 heteroatoms. The van der Waals surface area contributed by atoms with E-state index in [4.69, 9.17) is 4.74 Å². The summed E-state index contributed by atoms with van der Waals surface area (Å²) in [5.74, 6) is 1.58. The average molecular weight is 243 g/mol. The van der Waals surface area contributed by atoms with Gasteiger partial charge < -0.3 is 10.1 Å². The van der Waals surface area contributed by atoms with Crippen molar-refractivity contribution in [1.82, 2.24) is 15.3 Å². The molecule has 1 heterocycles. The van der Waals surface area contributed by atoms with Gasteiger partial charge in [0.1, 0.15) is 11.6 Å². The van der Waals surface area contributed by atoms with E-state index in [0.717, 1.165) is 22.7 Å². The van der Waals surface area contributed by atoms with Crippen molar-refractivity contribution in [2.24, 2.45) is 0 Å². The fraction of sp³-hybridized carbons (Fsp3) is 0.286. The summed E-state index contributed by atoms with van der Waals surface area (Å²) in [7, 11) is 3.56. The Morgan fingerprint density at radius 1 is 1.17 bits per heavy atom. The molecule has 4 nitrogen and oxygen atoms in total. The second-order valence-corrected chi connectivity index (χ2v) is 4.08. The second-order valence-electron chi connectivity index (χ2n) is 4.08. The standard InChI is InChI=1S/C14H17N3O/c1-10-8-16-14(17-9-10)13(15-2)11-6-4-5-7-12(11)18-3/h4-9,13,15H,1-3H3. The van der Waals surface area contributed by atoms with Gasteiger partial charge in [-0.15, -0.1) is 0 Å². The van der Waals surface area contributed by atoms with Crippen LogP contribution in [0.3, 0.4) is 0 Å². The Balaban J connectivity index is 2.41. The van der Waals surface area contributed by atoms with Gasteiger partial charge in [0, 0.05) is 18.0 Å². The molecular weight excluding hydrogens is 226 g/mol. The molecule has 0 aliphatic carbocycles. The first-order valence-corrected chi connectivity index (χ1v) is 5.85. The monoisotopic (exact) mass is 243 g/mol. The topological polar surface area (TPSA) is 47.0 Å². The highest BCUT2D eigenvalue weighted by atomic mass is 16.5. The molecule has 0 aliphatic heterocycles. The van der Waals surface area contributed by atoms with Gasteiger partial charge in [0.2, 0.25) is 0 Å². The van der Waals surface area contributed by atoms with Crippen LogP contribution in [0.15, 0.2) is 36.7 Å². The fourth-order valence-electron chi connectivity index (χ4n) is 1.88. The van der Waals surface area contributed by atoms with E-state index in [0.29, 0.717) is 0 Å². The Hall–Kier alpha value is -1.94. The third-order valence-corrected chi connectivity index (χ3v) is 2.80. The summed E-state index contributed by atoms with van der Waals surface area (Å²) < 4.78 is 5.38. The number of hydrogen-bond acceptors (Lipinski definition) is 4. The molecule has 1 atom stereocenters. The number of hydrogen-bond donors (Lipinski definition) is 1. The highest BCUT2D eigenvalue weighted by molar-refractivity contribution is 5.38. The average Bonchev–Trinajstić information content (AvgIpc) is 2.42. The lowest BCUT2D eigenvalue weighted by molar-refractivity contribution is 0.404. The molecule has 0 saturated carbocycles. The van der Waals surface area contributed by atoms with Crippen LogP contribution in [-0.2, 0) is 0 Å². The summed E-state index contributed by atoms with van der Waals surface area (Å²) in [4.78, 5) is 8.74. The van der Waals surface area contributed by atoms with E-state index in [-0.39, 0.29) is 6.04 Å². The van der Waals surface area contributed by atoms with Crippen molar-refractivity contribution in [2.45, 2.75) is 13.0 Å². The quantitative estimate of drug-likeness (QED) is 0.893.